The molecule has 0 aliphatic rings. The predicted octanol–water partition coefficient (Wildman–Crippen LogP) is 1.40. The van der Waals surface area contributed by atoms with Gasteiger partial charge in [-0.05, 0) is 29.0 Å². The summed E-state index contributed by atoms with van der Waals surface area (Å²) in [5.74, 6) is 0. The number of nitrogens with zero attached hydrogens (tertiary/aromatic N) is 2. The van der Waals surface area contributed by atoms with Crippen LogP contribution in [0.1, 0.15) is 19.4 Å². The molecule has 1 aromatic rings. The summed E-state index contributed by atoms with van der Waals surface area (Å²) in [4.78, 5) is 0. The van der Waals surface area contributed by atoms with Crippen LogP contribution in [0.15, 0.2) is 12.4 Å². The zero-order valence-electron chi connectivity index (χ0n) is 6.50. The summed E-state index contributed by atoms with van der Waals surface area (Å²) in [5.41, 5.74) is 5.56. The normalized spacial score (nSPS) is 13.4. The van der Waals surface area contributed by atoms with E-state index in [0.29, 0.717) is 12.6 Å². The van der Waals surface area contributed by atoms with Gasteiger partial charge >= 0.3 is 0 Å². The maximum Gasteiger partial charge on any atom is 0.0639 e. The van der Waals surface area contributed by atoms with Crippen LogP contribution in [0.3, 0.4) is 0 Å². The number of aromatic nitrogens is 2. The van der Waals surface area contributed by atoms with Crippen molar-refractivity contribution in [3.05, 3.63) is 16.0 Å². The lowest BCUT2D eigenvalue weighted by atomic mass is 10.2. The lowest BCUT2D eigenvalue weighted by Crippen LogP contribution is -2.18. The van der Waals surface area contributed by atoms with Crippen LogP contribution in [0.25, 0.3) is 0 Å². The lowest BCUT2D eigenvalue weighted by Gasteiger charge is -2.11. The van der Waals surface area contributed by atoms with E-state index in [-0.39, 0.29) is 0 Å². The minimum Gasteiger partial charge on any atom is -0.328 e. The fourth-order valence-corrected chi connectivity index (χ4v) is 1.39. The Balaban J connectivity index is 2.73. The van der Waals surface area contributed by atoms with Gasteiger partial charge in [0.2, 0.25) is 0 Å². The molecular weight excluding hydrogens is 253 g/mol. The zero-order chi connectivity index (χ0) is 8.27. The molecule has 1 unspecified atom stereocenters. The highest BCUT2D eigenvalue weighted by Crippen LogP contribution is 2.10. The summed E-state index contributed by atoms with van der Waals surface area (Å²) in [6.07, 6.45) is 4.90. The Labute approximate surface area is 80.1 Å². The standard InChI is InChI=1S/C7H12IN3/c1-2-7(3-9)11-5-6(8)4-10-11/h4-5,7H,2-3,9H2,1H3. The third kappa shape index (κ3) is 2.16. The molecule has 1 atom stereocenters. The molecule has 2 N–H and O–H groups in total. The summed E-state index contributed by atoms with van der Waals surface area (Å²) in [7, 11) is 0. The fourth-order valence-electron chi connectivity index (χ4n) is 0.976. The van der Waals surface area contributed by atoms with Crippen molar-refractivity contribution in [2.45, 2.75) is 19.4 Å². The minimum atomic E-state index is 0.360. The van der Waals surface area contributed by atoms with E-state index in [4.69, 9.17) is 5.73 Å². The van der Waals surface area contributed by atoms with Crippen molar-refractivity contribution in [2.75, 3.05) is 6.54 Å². The average molecular weight is 265 g/mol. The van der Waals surface area contributed by atoms with Gasteiger partial charge in [-0.2, -0.15) is 5.10 Å². The molecule has 4 heteroatoms. The van der Waals surface area contributed by atoms with Crippen LogP contribution in [0.5, 0.6) is 0 Å². The zero-order valence-corrected chi connectivity index (χ0v) is 8.65. The fraction of sp³-hybridized carbons (Fsp3) is 0.571. The van der Waals surface area contributed by atoms with Crippen LogP contribution in [-0.2, 0) is 0 Å². The number of nitrogens with two attached hydrogens (primary N) is 1. The highest BCUT2D eigenvalue weighted by molar-refractivity contribution is 14.1. The average Bonchev–Trinajstić information content (AvgIpc) is 2.39. The lowest BCUT2D eigenvalue weighted by molar-refractivity contribution is 0.450. The van der Waals surface area contributed by atoms with E-state index in [1.165, 1.54) is 0 Å². The molecule has 0 aromatic carbocycles. The molecule has 1 heterocycles. The van der Waals surface area contributed by atoms with E-state index >= 15 is 0 Å². The van der Waals surface area contributed by atoms with Gasteiger partial charge in [-0.1, -0.05) is 6.92 Å². The maximum absolute atomic E-state index is 5.56. The summed E-state index contributed by atoms with van der Waals surface area (Å²) in [6.45, 7) is 2.78. The largest absolute Gasteiger partial charge is 0.328 e. The molecular formula is C7H12IN3. The van der Waals surface area contributed by atoms with Gasteiger partial charge in [0.05, 0.1) is 15.8 Å². The molecule has 0 bridgehead atoms. The molecule has 11 heavy (non-hydrogen) atoms. The van der Waals surface area contributed by atoms with Crippen molar-refractivity contribution in [1.29, 1.82) is 0 Å². The molecule has 0 amide bonds. The quantitative estimate of drug-likeness (QED) is 0.839. The van der Waals surface area contributed by atoms with E-state index < -0.39 is 0 Å². The SMILES string of the molecule is CCC(CN)n1cc(I)cn1. The van der Waals surface area contributed by atoms with Gasteiger partial charge in [0.25, 0.3) is 0 Å². The van der Waals surface area contributed by atoms with E-state index in [1.807, 2.05) is 17.1 Å². The summed E-state index contributed by atoms with van der Waals surface area (Å²) in [6, 6.07) is 0.360. The first-order valence-electron chi connectivity index (χ1n) is 3.67. The van der Waals surface area contributed by atoms with Crippen molar-refractivity contribution >= 4 is 22.6 Å². The van der Waals surface area contributed by atoms with Gasteiger partial charge in [-0.3, -0.25) is 4.68 Å². The van der Waals surface area contributed by atoms with Crippen LogP contribution in [-0.4, -0.2) is 16.3 Å². The first-order chi connectivity index (χ1) is 5.27. The summed E-state index contributed by atoms with van der Waals surface area (Å²) < 4.78 is 3.09. The van der Waals surface area contributed by atoms with E-state index in [9.17, 15) is 0 Å². The number of hydrogen-bond acceptors (Lipinski definition) is 2. The molecule has 62 valence electrons. The topological polar surface area (TPSA) is 43.8 Å². The third-order valence-electron chi connectivity index (χ3n) is 1.69. The molecule has 1 aromatic heterocycles. The first-order valence-corrected chi connectivity index (χ1v) is 4.75. The van der Waals surface area contributed by atoms with E-state index in [1.54, 1.807) is 0 Å². The molecule has 0 saturated heterocycles. The molecule has 0 aliphatic heterocycles. The van der Waals surface area contributed by atoms with Crippen LogP contribution in [0.2, 0.25) is 0 Å². The number of rotatable bonds is 3. The van der Waals surface area contributed by atoms with Crippen LogP contribution in [0, 0.1) is 3.57 Å². The minimum absolute atomic E-state index is 0.360. The van der Waals surface area contributed by atoms with E-state index in [2.05, 4.69) is 34.6 Å². The molecule has 3 nitrogen and oxygen atoms in total. The number of hydrogen-bond donors (Lipinski definition) is 1. The van der Waals surface area contributed by atoms with Gasteiger partial charge in [0.15, 0.2) is 0 Å². The molecule has 0 aliphatic carbocycles. The third-order valence-corrected chi connectivity index (χ3v) is 2.24. The summed E-state index contributed by atoms with van der Waals surface area (Å²) >= 11 is 2.24. The van der Waals surface area contributed by atoms with Crippen LogP contribution >= 0.6 is 22.6 Å². The Kier molecular flexibility index (Phi) is 3.32. The monoisotopic (exact) mass is 265 g/mol. The first kappa shape index (κ1) is 8.99. The van der Waals surface area contributed by atoms with Gasteiger partial charge in [0, 0.05) is 12.7 Å². The highest BCUT2D eigenvalue weighted by atomic mass is 127. The van der Waals surface area contributed by atoms with Crippen molar-refractivity contribution < 1.29 is 0 Å². The van der Waals surface area contributed by atoms with Crippen molar-refractivity contribution in [1.82, 2.24) is 9.78 Å². The second kappa shape index (κ2) is 4.06. The second-order valence-electron chi connectivity index (χ2n) is 2.44. The van der Waals surface area contributed by atoms with Gasteiger partial charge in [-0.15, -0.1) is 0 Å². The smallest absolute Gasteiger partial charge is 0.0639 e. The Morgan fingerprint density at radius 3 is 2.91 bits per heavy atom. The predicted molar refractivity (Wildman–Crippen MR) is 53.3 cm³/mol. The Morgan fingerprint density at radius 2 is 2.55 bits per heavy atom. The Bertz CT molecular complexity index is 217. The molecule has 1 rings (SSSR count). The Morgan fingerprint density at radius 1 is 1.82 bits per heavy atom. The van der Waals surface area contributed by atoms with Gasteiger partial charge < -0.3 is 5.73 Å². The van der Waals surface area contributed by atoms with Crippen molar-refractivity contribution in [3.63, 3.8) is 0 Å². The van der Waals surface area contributed by atoms with Crippen LogP contribution < -0.4 is 5.73 Å². The second-order valence-corrected chi connectivity index (χ2v) is 3.68. The molecule has 0 spiro atoms. The van der Waals surface area contributed by atoms with Gasteiger partial charge in [-0.25, -0.2) is 0 Å². The van der Waals surface area contributed by atoms with Crippen molar-refractivity contribution in [2.24, 2.45) is 5.73 Å². The van der Waals surface area contributed by atoms with Gasteiger partial charge in [0.1, 0.15) is 0 Å². The van der Waals surface area contributed by atoms with E-state index in [0.717, 1.165) is 9.99 Å². The highest BCUT2D eigenvalue weighted by Gasteiger charge is 2.05. The maximum atomic E-state index is 5.56. The number of halogens is 1. The molecule has 0 saturated carbocycles. The molecule has 0 radical (unpaired) electrons. The Hall–Kier alpha value is -0.100. The van der Waals surface area contributed by atoms with Crippen LogP contribution in [0.4, 0.5) is 0 Å². The summed E-state index contributed by atoms with van der Waals surface area (Å²) in [5, 5.41) is 4.19. The molecule has 0 fully saturated rings. The van der Waals surface area contributed by atoms with Crippen molar-refractivity contribution in [3.8, 4) is 0 Å².